The van der Waals surface area contributed by atoms with Crippen molar-refractivity contribution in [3.8, 4) is 0 Å². The fraction of sp³-hybridized carbons (Fsp3) is 0.273. The van der Waals surface area contributed by atoms with Gasteiger partial charge in [0.2, 0.25) is 0 Å². The van der Waals surface area contributed by atoms with Gasteiger partial charge in [0.25, 0.3) is 5.91 Å². The normalized spacial score (nSPS) is 12.4. The van der Waals surface area contributed by atoms with Crippen molar-refractivity contribution < 1.29 is 9.21 Å². The van der Waals surface area contributed by atoms with Crippen molar-refractivity contribution in [2.24, 2.45) is 0 Å². The number of furan rings is 1. The van der Waals surface area contributed by atoms with Crippen LogP contribution in [0.25, 0.3) is 0 Å². The van der Waals surface area contributed by atoms with E-state index in [1.165, 1.54) is 6.20 Å². The van der Waals surface area contributed by atoms with Crippen LogP contribution in [0.2, 0.25) is 0 Å². The predicted molar refractivity (Wildman–Crippen MR) is 57.9 cm³/mol. The van der Waals surface area contributed by atoms with Crippen molar-refractivity contribution in [3.05, 3.63) is 41.6 Å². The second-order valence-electron chi connectivity index (χ2n) is 3.63. The molecular formula is C11H13N3O2. The fourth-order valence-electron chi connectivity index (χ4n) is 1.41. The van der Waals surface area contributed by atoms with Gasteiger partial charge < -0.3 is 9.73 Å². The number of carbonyl (C=O) groups excluding carboxylic acids is 1. The molecule has 0 fully saturated rings. The second-order valence-corrected chi connectivity index (χ2v) is 3.63. The largest absolute Gasteiger partial charge is 0.464 e. The molecule has 0 aliphatic carbocycles. The van der Waals surface area contributed by atoms with Crippen molar-refractivity contribution >= 4 is 5.91 Å². The minimum absolute atomic E-state index is 0.156. The highest BCUT2D eigenvalue weighted by molar-refractivity contribution is 5.93. The van der Waals surface area contributed by atoms with Crippen LogP contribution in [-0.4, -0.2) is 16.1 Å². The molecule has 0 spiro atoms. The summed E-state index contributed by atoms with van der Waals surface area (Å²) in [5, 5.41) is 9.13. The number of H-pyrrole nitrogens is 1. The lowest BCUT2D eigenvalue weighted by molar-refractivity contribution is 0.0935. The molecule has 5 heteroatoms. The quantitative estimate of drug-likeness (QED) is 0.826. The number of hydrogen-bond acceptors (Lipinski definition) is 3. The molecule has 1 atom stereocenters. The lowest BCUT2D eigenvalue weighted by atomic mass is 10.2. The summed E-state index contributed by atoms with van der Waals surface area (Å²) in [7, 11) is 0. The molecule has 5 nitrogen and oxygen atoms in total. The van der Waals surface area contributed by atoms with Gasteiger partial charge in [0.05, 0.1) is 17.8 Å². The van der Waals surface area contributed by atoms with Gasteiger partial charge in [-0.25, -0.2) is 0 Å². The minimum Gasteiger partial charge on any atom is -0.464 e. The molecule has 84 valence electrons. The molecule has 0 saturated heterocycles. The highest BCUT2D eigenvalue weighted by atomic mass is 16.3. The van der Waals surface area contributed by atoms with Gasteiger partial charge in [0.1, 0.15) is 11.5 Å². The van der Waals surface area contributed by atoms with Gasteiger partial charge in [-0.1, -0.05) is 0 Å². The lowest BCUT2D eigenvalue weighted by Gasteiger charge is -2.10. The monoisotopic (exact) mass is 219 g/mol. The molecule has 2 rings (SSSR count). The van der Waals surface area contributed by atoms with Crippen LogP contribution in [0.4, 0.5) is 0 Å². The summed E-state index contributed by atoms with van der Waals surface area (Å²) in [6, 6.07) is 3.57. The third-order valence-electron chi connectivity index (χ3n) is 2.30. The van der Waals surface area contributed by atoms with Crippen LogP contribution in [0.3, 0.4) is 0 Å². The molecule has 2 aromatic heterocycles. The van der Waals surface area contributed by atoms with E-state index < -0.39 is 0 Å². The van der Waals surface area contributed by atoms with Crippen LogP contribution in [0.15, 0.2) is 28.9 Å². The molecule has 0 bridgehead atoms. The molecule has 0 saturated carbocycles. The van der Waals surface area contributed by atoms with E-state index in [0.717, 1.165) is 11.5 Å². The predicted octanol–water partition coefficient (Wildman–Crippen LogP) is 1.80. The average molecular weight is 219 g/mol. The number of carbonyl (C=O) groups is 1. The first-order valence-corrected chi connectivity index (χ1v) is 5.03. The Labute approximate surface area is 92.9 Å². The maximum Gasteiger partial charge on any atom is 0.255 e. The maximum absolute atomic E-state index is 11.7. The zero-order valence-corrected chi connectivity index (χ0v) is 9.15. The van der Waals surface area contributed by atoms with Gasteiger partial charge in [-0.15, -0.1) is 0 Å². The van der Waals surface area contributed by atoms with E-state index in [-0.39, 0.29) is 11.9 Å². The zero-order chi connectivity index (χ0) is 11.5. The molecule has 16 heavy (non-hydrogen) atoms. The number of amides is 1. The summed E-state index contributed by atoms with van der Waals surface area (Å²) < 4.78 is 5.43. The first-order chi connectivity index (χ1) is 7.66. The van der Waals surface area contributed by atoms with Gasteiger partial charge in [0, 0.05) is 6.20 Å². The van der Waals surface area contributed by atoms with Crippen molar-refractivity contribution in [1.29, 1.82) is 0 Å². The SMILES string of the molecule is Cc1ccc(C(C)NC(=O)c2cn[nH]c2)o1. The van der Waals surface area contributed by atoms with E-state index in [4.69, 9.17) is 4.42 Å². The van der Waals surface area contributed by atoms with Crippen molar-refractivity contribution in [2.45, 2.75) is 19.9 Å². The summed E-state index contributed by atoms with van der Waals surface area (Å²) in [6.07, 6.45) is 3.03. The van der Waals surface area contributed by atoms with Crippen molar-refractivity contribution in [2.75, 3.05) is 0 Å². The van der Waals surface area contributed by atoms with E-state index in [1.54, 1.807) is 6.20 Å². The molecule has 2 heterocycles. The summed E-state index contributed by atoms with van der Waals surface area (Å²) in [6.45, 7) is 3.74. The Morgan fingerprint density at radius 3 is 2.94 bits per heavy atom. The molecule has 0 aliphatic heterocycles. The minimum atomic E-state index is -0.171. The van der Waals surface area contributed by atoms with Crippen LogP contribution in [-0.2, 0) is 0 Å². The highest BCUT2D eigenvalue weighted by Crippen LogP contribution is 2.15. The van der Waals surface area contributed by atoms with Crippen LogP contribution < -0.4 is 5.32 Å². The zero-order valence-electron chi connectivity index (χ0n) is 9.15. The van der Waals surface area contributed by atoms with E-state index in [1.807, 2.05) is 26.0 Å². The van der Waals surface area contributed by atoms with Crippen LogP contribution in [0, 0.1) is 6.92 Å². The first-order valence-electron chi connectivity index (χ1n) is 5.03. The smallest absolute Gasteiger partial charge is 0.255 e. The Morgan fingerprint density at radius 2 is 2.38 bits per heavy atom. The average Bonchev–Trinajstić information content (AvgIpc) is 2.87. The summed E-state index contributed by atoms with van der Waals surface area (Å²) >= 11 is 0. The number of aromatic amines is 1. The van der Waals surface area contributed by atoms with Crippen molar-refractivity contribution in [3.63, 3.8) is 0 Å². The van der Waals surface area contributed by atoms with Crippen LogP contribution >= 0.6 is 0 Å². The first kappa shape index (κ1) is 10.5. The van der Waals surface area contributed by atoms with Gasteiger partial charge >= 0.3 is 0 Å². The van der Waals surface area contributed by atoms with E-state index in [9.17, 15) is 4.79 Å². The summed E-state index contributed by atoms with van der Waals surface area (Å²) in [4.78, 5) is 11.7. The number of nitrogens with zero attached hydrogens (tertiary/aromatic N) is 1. The highest BCUT2D eigenvalue weighted by Gasteiger charge is 2.14. The third-order valence-corrected chi connectivity index (χ3v) is 2.30. The standard InChI is InChI=1S/C11H13N3O2/c1-7-3-4-10(16-7)8(2)14-11(15)9-5-12-13-6-9/h3-6,8H,1-2H3,(H,12,13)(H,14,15). The van der Waals surface area contributed by atoms with Gasteiger partial charge in [0.15, 0.2) is 0 Å². The molecule has 0 radical (unpaired) electrons. The molecule has 0 aliphatic rings. The van der Waals surface area contributed by atoms with Crippen LogP contribution in [0.1, 0.15) is 34.8 Å². The Hall–Kier alpha value is -2.04. The molecule has 1 amide bonds. The van der Waals surface area contributed by atoms with Gasteiger partial charge in [-0.2, -0.15) is 5.10 Å². The Kier molecular flexibility index (Phi) is 2.76. The number of nitrogens with one attached hydrogen (secondary N) is 2. The molecule has 0 aromatic carbocycles. The number of rotatable bonds is 3. The fourth-order valence-corrected chi connectivity index (χ4v) is 1.41. The molecule has 1 unspecified atom stereocenters. The topological polar surface area (TPSA) is 70.9 Å². The Morgan fingerprint density at radius 1 is 1.56 bits per heavy atom. The Balaban J connectivity index is 2.03. The molecule has 2 aromatic rings. The number of aromatic nitrogens is 2. The van der Waals surface area contributed by atoms with E-state index in [0.29, 0.717) is 5.56 Å². The number of hydrogen-bond donors (Lipinski definition) is 2. The summed E-state index contributed by atoms with van der Waals surface area (Å²) in [5.74, 6) is 1.41. The van der Waals surface area contributed by atoms with Crippen LogP contribution in [0.5, 0.6) is 0 Å². The van der Waals surface area contributed by atoms with Gasteiger partial charge in [-0.3, -0.25) is 9.89 Å². The van der Waals surface area contributed by atoms with E-state index >= 15 is 0 Å². The molecular weight excluding hydrogens is 206 g/mol. The summed E-state index contributed by atoms with van der Waals surface area (Å²) in [5.41, 5.74) is 0.509. The Bertz CT molecular complexity index is 473. The third kappa shape index (κ3) is 2.13. The van der Waals surface area contributed by atoms with Gasteiger partial charge in [-0.05, 0) is 26.0 Å². The number of aryl methyl sites for hydroxylation is 1. The lowest BCUT2D eigenvalue weighted by Crippen LogP contribution is -2.25. The van der Waals surface area contributed by atoms with Crippen molar-refractivity contribution in [1.82, 2.24) is 15.5 Å². The van der Waals surface area contributed by atoms with E-state index in [2.05, 4.69) is 15.5 Å². The maximum atomic E-state index is 11.7. The molecule has 2 N–H and O–H groups in total. The second kappa shape index (κ2) is 4.22.